The Morgan fingerprint density at radius 3 is 2.86 bits per heavy atom. The number of hydrogen-bond donors (Lipinski definition) is 1. The average molecular weight is 362 g/mol. The number of anilines is 1. The Kier molecular flexibility index (Phi) is 4.17. The van der Waals surface area contributed by atoms with Crippen molar-refractivity contribution in [2.75, 3.05) is 12.4 Å². The van der Waals surface area contributed by atoms with E-state index in [1.54, 1.807) is 18.4 Å². The van der Waals surface area contributed by atoms with Crippen LogP contribution in [0.1, 0.15) is 11.1 Å². The van der Waals surface area contributed by atoms with Gasteiger partial charge >= 0.3 is 0 Å². The molecule has 1 aromatic heterocycles. The molecule has 0 fully saturated rings. The highest BCUT2D eigenvalue weighted by Gasteiger charge is 2.09. The maximum absolute atomic E-state index is 5.47. The monoisotopic (exact) mass is 361 g/mol. The summed E-state index contributed by atoms with van der Waals surface area (Å²) in [5, 5.41) is 7.06. The van der Waals surface area contributed by atoms with Gasteiger partial charge in [-0.15, -0.1) is 11.3 Å². The van der Waals surface area contributed by atoms with Gasteiger partial charge in [-0.25, -0.2) is 0 Å². The fraction of sp³-hybridized carbons (Fsp3) is 0.176. The van der Waals surface area contributed by atoms with E-state index in [1.165, 1.54) is 21.2 Å². The maximum Gasteiger partial charge on any atom is 0.143 e. The molecule has 0 spiro atoms. The third-order valence-electron chi connectivity index (χ3n) is 3.50. The van der Waals surface area contributed by atoms with E-state index in [9.17, 15) is 0 Å². The largest absolute Gasteiger partial charge is 0.495 e. The third kappa shape index (κ3) is 2.92. The zero-order chi connectivity index (χ0) is 14.8. The normalized spacial score (nSPS) is 10.8. The number of aryl methyl sites for hydroxylation is 1. The molecule has 108 valence electrons. The Labute approximate surface area is 136 Å². The predicted octanol–water partition coefficient (Wildman–Crippen LogP) is 5.59. The topological polar surface area (TPSA) is 21.3 Å². The van der Waals surface area contributed by atoms with Gasteiger partial charge in [-0.1, -0.05) is 34.1 Å². The fourth-order valence-electron chi connectivity index (χ4n) is 2.45. The van der Waals surface area contributed by atoms with Crippen molar-refractivity contribution in [2.24, 2.45) is 0 Å². The Balaban J connectivity index is 1.88. The average Bonchev–Trinajstić information content (AvgIpc) is 2.89. The number of benzene rings is 2. The summed E-state index contributed by atoms with van der Waals surface area (Å²) in [6, 6.07) is 12.6. The molecule has 0 aliphatic rings. The van der Waals surface area contributed by atoms with Crippen LogP contribution in [-0.4, -0.2) is 7.11 Å². The van der Waals surface area contributed by atoms with Crippen LogP contribution < -0.4 is 10.1 Å². The smallest absolute Gasteiger partial charge is 0.143 e. The second-order valence-electron chi connectivity index (χ2n) is 4.91. The number of ether oxygens (including phenoxy) is 1. The second-order valence-corrected chi connectivity index (χ2v) is 6.74. The second kappa shape index (κ2) is 6.08. The van der Waals surface area contributed by atoms with Gasteiger partial charge in [0.1, 0.15) is 5.75 Å². The molecule has 2 nitrogen and oxygen atoms in total. The van der Waals surface area contributed by atoms with Gasteiger partial charge in [0.2, 0.25) is 0 Å². The first-order valence-electron chi connectivity index (χ1n) is 6.72. The number of nitrogens with one attached hydrogen (secondary N) is 1. The molecule has 1 heterocycles. The molecular formula is C17H16BrNOS. The highest BCUT2D eigenvalue weighted by atomic mass is 79.9. The highest BCUT2D eigenvalue weighted by Crippen LogP contribution is 2.33. The Bertz CT molecular complexity index is 782. The van der Waals surface area contributed by atoms with Crippen LogP contribution in [0.4, 0.5) is 5.69 Å². The molecule has 0 aliphatic heterocycles. The molecule has 0 unspecified atom stereocenters. The van der Waals surface area contributed by atoms with Gasteiger partial charge in [0.15, 0.2) is 0 Å². The predicted molar refractivity (Wildman–Crippen MR) is 94.6 cm³/mol. The van der Waals surface area contributed by atoms with Gasteiger partial charge in [0.25, 0.3) is 0 Å². The van der Waals surface area contributed by atoms with Crippen molar-refractivity contribution in [1.29, 1.82) is 0 Å². The SMILES string of the molecule is COc1cc(Br)cc(C)c1NCc1csc2ccccc12. The quantitative estimate of drug-likeness (QED) is 0.653. The minimum absolute atomic E-state index is 0.794. The van der Waals surface area contributed by atoms with Crippen LogP contribution >= 0.6 is 27.3 Å². The van der Waals surface area contributed by atoms with Crippen molar-refractivity contribution in [3.63, 3.8) is 0 Å². The van der Waals surface area contributed by atoms with E-state index < -0.39 is 0 Å². The Hall–Kier alpha value is -1.52. The standard InChI is InChI=1S/C17H16BrNOS/c1-11-7-13(18)8-15(20-2)17(11)19-9-12-10-21-16-6-4-3-5-14(12)16/h3-8,10,19H,9H2,1-2H3. The van der Waals surface area contributed by atoms with Crippen LogP contribution in [0, 0.1) is 6.92 Å². The fourth-order valence-corrected chi connectivity index (χ4v) is 3.97. The van der Waals surface area contributed by atoms with Crippen molar-refractivity contribution in [3.8, 4) is 5.75 Å². The van der Waals surface area contributed by atoms with Crippen LogP contribution in [0.3, 0.4) is 0 Å². The zero-order valence-corrected chi connectivity index (χ0v) is 14.3. The van der Waals surface area contributed by atoms with Crippen LogP contribution in [-0.2, 0) is 6.54 Å². The molecule has 21 heavy (non-hydrogen) atoms. The molecule has 2 aromatic carbocycles. The number of halogens is 1. The molecule has 0 radical (unpaired) electrons. The molecule has 0 saturated heterocycles. The Morgan fingerprint density at radius 1 is 1.24 bits per heavy atom. The minimum atomic E-state index is 0.794. The van der Waals surface area contributed by atoms with Gasteiger partial charge in [-0.2, -0.15) is 0 Å². The summed E-state index contributed by atoms with van der Waals surface area (Å²) in [5.41, 5.74) is 3.54. The lowest BCUT2D eigenvalue weighted by Crippen LogP contribution is -2.03. The lowest BCUT2D eigenvalue weighted by molar-refractivity contribution is 0.416. The van der Waals surface area contributed by atoms with Gasteiger partial charge < -0.3 is 10.1 Å². The highest BCUT2D eigenvalue weighted by molar-refractivity contribution is 9.10. The molecule has 1 N–H and O–H groups in total. The number of rotatable bonds is 4. The molecular weight excluding hydrogens is 346 g/mol. The van der Waals surface area contributed by atoms with E-state index in [4.69, 9.17) is 4.74 Å². The Morgan fingerprint density at radius 2 is 2.05 bits per heavy atom. The van der Waals surface area contributed by atoms with Gasteiger partial charge in [0.05, 0.1) is 12.8 Å². The van der Waals surface area contributed by atoms with Crippen LogP contribution in [0.15, 0.2) is 46.3 Å². The number of thiophene rings is 1. The number of fused-ring (bicyclic) bond motifs is 1. The van der Waals surface area contributed by atoms with Gasteiger partial charge in [0, 0.05) is 15.7 Å². The van der Waals surface area contributed by atoms with Crippen LogP contribution in [0.2, 0.25) is 0 Å². The van der Waals surface area contributed by atoms with Crippen molar-refractivity contribution >= 4 is 43.0 Å². The van der Waals surface area contributed by atoms with Crippen LogP contribution in [0.5, 0.6) is 5.75 Å². The van der Waals surface area contributed by atoms with Crippen molar-refractivity contribution < 1.29 is 4.74 Å². The molecule has 0 atom stereocenters. The van der Waals surface area contributed by atoms with Crippen molar-refractivity contribution in [1.82, 2.24) is 0 Å². The minimum Gasteiger partial charge on any atom is -0.495 e. The first-order chi connectivity index (χ1) is 10.2. The van der Waals surface area contributed by atoms with Crippen molar-refractivity contribution in [2.45, 2.75) is 13.5 Å². The molecule has 3 aromatic rings. The van der Waals surface area contributed by atoms with E-state index in [2.05, 4.69) is 63.9 Å². The number of methoxy groups -OCH3 is 1. The summed E-state index contributed by atoms with van der Waals surface area (Å²) in [6.45, 7) is 2.88. The summed E-state index contributed by atoms with van der Waals surface area (Å²) < 4.78 is 7.83. The van der Waals surface area contributed by atoms with Gasteiger partial charge in [-0.05, 0) is 47.0 Å². The first kappa shape index (κ1) is 14.4. The van der Waals surface area contributed by atoms with E-state index in [0.717, 1.165) is 22.5 Å². The van der Waals surface area contributed by atoms with Crippen molar-refractivity contribution in [3.05, 3.63) is 57.4 Å². The summed E-state index contributed by atoms with van der Waals surface area (Å²) in [7, 11) is 1.70. The van der Waals surface area contributed by atoms with Gasteiger partial charge in [-0.3, -0.25) is 0 Å². The molecule has 0 aliphatic carbocycles. The maximum atomic E-state index is 5.47. The summed E-state index contributed by atoms with van der Waals surface area (Å²) in [5.74, 6) is 0.862. The lowest BCUT2D eigenvalue weighted by atomic mass is 10.1. The molecule has 0 bridgehead atoms. The lowest BCUT2D eigenvalue weighted by Gasteiger charge is -2.14. The number of hydrogen-bond acceptors (Lipinski definition) is 3. The molecule has 0 saturated carbocycles. The third-order valence-corrected chi connectivity index (χ3v) is 4.97. The first-order valence-corrected chi connectivity index (χ1v) is 8.39. The molecule has 0 amide bonds. The van der Waals surface area contributed by atoms with E-state index in [-0.39, 0.29) is 0 Å². The molecule has 4 heteroatoms. The van der Waals surface area contributed by atoms with E-state index in [0.29, 0.717) is 0 Å². The van der Waals surface area contributed by atoms with Crippen LogP contribution in [0.25, 0.3) is 10.1 Å². The summed E-state index contributed by atoms with van der Waals surface area (Å²) in [4.78, 5) is 0. The molecule has 3 rings (SSSR count). The summed E-state index contributed by atoms with van der Waals surface area (Å²) >= 11 is 5.29. The zero-order valence-electron chi connectivity index (χ0n) is 11.9. The van der Waals surface area contributed by atoms with E-state index >= 15 is 0 Å². The van der Waals surface area contributed by atoms with E-state index in [1.807, 2.05) is 6.07 Å². The summed E-state index contributed by atoms with van der Waals surface area (Å²) in [6.07, 6.45) is 0.